The lowest BCUT2D eigenvalue weighted by Crippen LogP contribution is -2.40. The number of nitrogens with zero attached hydrogens (tertiary/aromatic N) is 1. The Labute approximate surface area is 86.8 Å². The van der Waals surface area contributed by atoms with Crippen LogP contribution >= 0.6 is 0 Å². The number of hydrogen-bond donors (Lipinski definition) is 0. The van der Waals surface area contributed by atoms with E-state index in [0.29, 0.717) is 5.76 Å². The van der Waals surface area contributed by atoms with Gasteiger partial charge in [0, 0.05) is 0 Å². The molecular weight excluding hydrogens is 198 g/mol. The Hall–Kier alpha value is -1.62. The molecule has 1 saturated heterocycles. The first kappa shape index (κ1) is 9.92. The number of ether oxygens (including phenoxy) is 2. The predicted molar refractivity (Wildman–Crippen MR) is 52.4 cm³/mol. The fourth-order valence-corrected chi connectivity index (χ4v) is 1.74. The molecule has 0 saturated carbocycles. The second-order valence-electron chi connectivity index (χ2n) is 3.40. The van der Waals surface area contributed by atoms with E-state index in [1.54, 1.807) is 6.08 Å². The van der Waals surface area contributed by atoms with Gasteiger partial charge in [-0.15, -0.1) is 0 Å². The van der Waals surface area contributed by atoms with E-state index in [1.165, 1.54) is 0 Å². The lowest BCUT2D eigenvalue weighted by molar-refractivity contribution is -0.610. The van der Waals surface area contributed by atoms with Gasteiger partial charge in [0.25, 0.3) is 0 Å². The van der Waals surface area contributed by atoms with Crippen LogP contribution in [0.5, 0.6) is 0 Å². The number of fused-ring (bicyclic) bond motifs is 1. The summed E-state index contributed by atoms with van der Waals surface area (Å²) in [4.78, 5) is 10.6. The van der Waals surface area contributed by atoms with E-state index in [4.69, 9.17) is 9.47 Å². The molecule has 0 radical (unpaired) electrons. The van der Waals surface area contributed by atoms with Gasteiger partial charge in [0.1, 0.15) is 0 Å². The molecule has 2 aliphatic rings. The van der Waals surface area contributed by atoms with Gasteiger partial charge in [0.2, 0.25) is 5.76 Å². The van der Waals surface area contributed by atoms with Crippen LogP contribution in [0.1, 0.15) is 13.3 Å². The Bertz CT molecular complexity index is 383. The van der Waals surface area contributed by atoms with Crippen molar-refractivity contribution in [3.63, 3.8) is 0 Å². The van der Waals surface area contributed by atoms with E-state index in [9.17, 15) is 10.1 Å². The Morgan fingerprint density at radius 2 is 2.40 bits per heavy atom. The number of nitro groups is 1. The third-order valence-corrected chi connectivity index (χ3v) is 2.47. The summed E-state index contributed by atoms with van der Waals surface area (Å²) >= 11 is 0. The van der Waals surface area contributed by atoms with Crippen LogP contribution in [-0.2, 0) is 9.47 Å². The molecule has 1 heterocycles. The van der Waals surface area contributed by atoms with Crippen molar-refractivity contribution in [2.75, 3.05) is 6.79 Å². The minimum Gasteiger partial charge on any atom is -0.461 e. The van der Waals surface area contributed by atoms with E-state index in [0.717, 1.165) is 5.57 Å². The van der Waals surface area contributed by atoms with E-state index in [1.807, 2.05) is 25.2 Å². The molecule has 0 N–H and O–H groups in total. The van der Waals surface area contributed by atoms with Crippen LogP contribution in [0, 0.1) is 10.1 Å². The molecule has 1 aliphatic heterocycles. The molecule has 2 rings (SSSR count). The smallest absolute Gasteiger partial charge is 0.389 e. The van der Waals surface area contributed by atoms with Crippen molar-refractivity contribution in [1.29, 1.82) is 0 Å². The molecule has 5 nitrogen and oxygen atoms in total. The highest BCUT2D eigenvalue weighted by Gasteiger charge is 2.55. The molecule has 1 unspecified atom stereocenters. The molecule has 0 amide bonds. The van der Waals surface area contributed by atoms with Gasteiger partial charge < -0.3 is 4.74 Å². The molecule has 0 spiro atoms. The summed E-state index contributed by atoms with van der Waals surface area (Å²) in [6.45, 7) is 1.81. The van der Waals surface area contributed by atoms with Crippen molar-refractivity contribution in [2.24, 2.45) is 0 Å². The Kier molecular flexibility index (Phi) is 2.32. The highest BCUT2D eigenvalue weighted by molar-refractivity contribution is 5.34. The summed E-state index contributed by atoms with van der Waals surface area (Å²) in [5.41, 5.74) is -0.632. The molecule has 0 aromatic heterocycles. The van der Waals surface area contributed by atoms with E-state index in [-0.39, 0.29) is 13.2 Å². The van der Waals surface area contributed by atoms with Crippen molar-refractivity contribution in [3.8, 4) is 0 Å². The van der Waals surface area contributed by atoms with Gasteiger partial charge >= 0.3 is 5.72 Å². The zero-order valence-electron chi connectivity index (χ0n) is 8.30. The summed E-state index contributed by atoms with van der Waals surface area (Å²) in [5.74, 6) is 0.292. The van der Waals surface area contributed by atoms with Gasteiger partial charge in [0.15, 0.2) is 6.79 Å². The summed E-state index contributed by atoms with van der Waals surface area (Å²) < 4.78 is 10.2. The van der Waals surface area contributed by atoms with Crippen molar-refractivity contribution in [1.82, 2.24) is 0 Å². The maximum absolute atomic E-state index is 11.0. The third kappa shape index (κ3) is 1.45. The van der Waals surface area contributed by atoms with Gasteiger partial charge in [-0.1, -0.05) is 18.2 Å². The molecule has 1 aliphatic carbocycles. The fraction of sp³-hybridized carbons (Fsp3) is 0.400. The second kappa shape index (κ2) is 3.51. The average Bonchev–Trinajstić information content (AvgIpc) is 2.62. The molecule has 1 atom stereocenters. The zero-order valence-corrected chi connectivity index (χ0v) is 8.30. The van der Waals surface area contributed by atoms with Gasteiger partial charge in [-0.2, -0.15) is 0 Å². The molecule has 15 heavy (non-hydrogen) atoms. The molecule has 5 heteroatoms. The summed E-state index contributed by atoms with van der Waals surface area (Å²) in [6, 6.07) is 0. The SMILES string of the molecule is C/C=C/C1=CC=C2OCOC2([N+](=O)[O-])C1. The van der Waals surface area contributed by atoms with Crippen LogP contribution in [0.4, 0.5) is 0 Å². The molecule has 1 fully saturated rings. The van der Waals surface area contributed by atoms with Crippen molar-refractivity contribution < 1.29 is 14.4 Å². The second-order valence-corrected chi connectivity index (χ2v) is 3.40. The Morgan fingerprint density at radius 1 is 1.60 bits per heavy atom. The molecule has 80 valence electrons. The quantitative estimate of drug-likeness (QED) is 0.513. The molecule has 0 aromatic carbocycles. The molecular formula is C10H11NO4. The van der Waals surface area contributed by atoms with Crippen LogP contribution in [0.25, 0.3) is 0 Å². The summed E-state index contributed by atoms with van der Waals surface area (Å²) in [6.07, 6.45) is 7.31. The van der Waals surface area contributed by atoms with Gasteiger partial charge in [-0.25, -0.2) is 0 Å². The summed E-state index contributed by atoms with van der Waals surface area (Å²) in [5, 5.41) is 11.0. The lowest BCUT2D eigenvalue weighted by atomic mass is 9.95. The largest absolute Gasteiger partial charge is 0.461 e. The fourth-order valence-electron chi connectivity index (χ4n) is 1.74. The minimum absolute atomic E-state index is 0.0518. The van der Waals surface area contributed by atoms with Crippen LogP contribution in [-0.4, -0.2) is 17.4 Å². The Balaban J connectivity index is 2.36. The van der Waals surface area contributed by atoms with Crippen molar-refractivity contribution >= 4 is 0 Å². The topological polar surface area (TPSA) is 61.6 Å². The normalized spacial score (nSPS) is 29.4. The highest BCUT2D eigenvalue weighted by Crippen LogP contribution is 2.38. The first-order valence-electron chi connectivity index (χ1n) is 4.64. The number of hydrogen-bond acceptors (Lipinski definition) is 4. The highest BCUT2D eigenvalue weighted by atomic mass is 16.8. The summed E-state index contributed by atoms with van der Waals surface area (Å²) in [7, 11) is 0. The van der Waals surface area contributed by atoms with Crippen molar-refractivity contribution in [3.05, 3.63) is 45.8 Å². The van der Waals surface area contributed by atoms with Gasteiger partial charge in [-0.3, -0.25) is 14.9 Å². The van der Waals surface area contributed by atoms with E-state index in [2.05, 4.69) is 0 Å². The van der Waals surface area contributed by atoms with E-state index >= 15 is 0 Å². The first-order chi connectivity index (χ1) is 7.19. The maximum atomic E-state index is 11.0. The van der Waals surface area contributed by atoms with Crippen LogP contribution in [0.15, 0.2) is 35.6 Å². The van der Waals surface area contributed by atoms with E-state index < -0.39 is 10.6 Å². The van der Waals surface area contributed by atoms with Crippen LogP contribution < -0.4 is 0 Å². The number of allylic oxidation sites excluding steroid dienone is 4. The average molecular weight is 209 g/mol. The van der Waals surface area contributed by atoms with Crippen LogP contribution in [0.3, 0.4) is 0 Å². The number of rotatable bonds is 2. The van der Waals surface area contributed by atoms with Gasteiger partial charge in [0.05, 0.1) is 11.3 Å². The third-order valence-electron chi connectivity index (χ3n) is 2.47. The van der Waals surface area contributed by atoms with Gasteiger partial charge in [-0.05, 0) is 18.6 Å². The molecule has 0 bridgehead atoms. The monoisotopic (exact) mass is 209 g/mol. The maximum Gasteiger partial charge on any atom is 0.389 e. The van der Waals surface area contributed by atoms with Crippen molar-refractivity contribution in [2.45, 2.75) is 19.1 Å². The molecule has 0 aromatic rings. The van der Waals surface area contributed by atoms with Crippen LogP contribution in [0.2, 0.25) is 0 Å². The zero-order chi connectivity index (χ0) is 10.9. The predicted octanol–water partition coefficient (Wildman–Crippen LogP) is 1.75. The Morgan fingerprint density at radius 3 is 3.07 bits per heavy atom. The lowest BCUT2D eigenvalue weighted by Gasteiger charge is -2.20. The standard InChI is InChI=1S/C10H11NO4/c1-2-3-8-4-5-9-10(6-8,11(12)13)15-7-14-9/h2-5H,6-7H2,1H3/b3-2+. The minimum atomic E-state index is -1.50. The first-order valence-corrected chi connectivity index (χ1v) is 4.64.